The molecule has 8 heteroatoms. The minimum absolute atomic E-state index is 0.0830. The fourth-order valence-corrected chi connectivity index (χ4v) is 2.98. The standard InChI is InChI=1S/C8H7NO6Se/c1-14-7(10)5-3-4(9(12)13)6(16-5)8(11)15-2/h3H,1-2H3. The van der Waals surface area contributed by atoms with Crippen LogP contribution in [0.15, 0.2) is 6.07 Å². The predicted molar refractivity (Wildman–Crippen MR) is 52.7 cm³/mol. The van der Waals surface area contributed by atoms with Crippen LogP contribution in [0.25, 0.3) is 0 Å². The molecule has 0 aliphatic heterocycles. The van der Waals surface area contributed by atoms with Gasteiger partial charge in [0.1, 0.15) is 0 Å². The van der Waals surface area contributed by atoms with Gasteiger partial charge in [-0.15, -0.1) is 0 Å². The zero-order valence-corrected chi connectivity index (χ0v) is 10.1. The first-order valence-corrected chi connectivity index (χ1v) is 5.67. The second kappa shape index (κ2) is 4.91. The van der Waals surface area contributed by atoms with Crippen LogP contribution in [-0.4, -0.2) is 45.6 Å². The molecule has 0 spiro atoms. The predicted octanol–water partition coefficient (Wildman–Crippen LogP) is 0.225. The van der Waals surface area contributed by atoms with E-state index >= 15 is 0 Å². The number of hydrogen-bond donors (Lipinski definition) is 0. The van der Waals surface area contributed by atoms with Gasteiger partial charge in [0, 0.05) is 0 Å². The molecule has 0 aliphatic rings. The fourth-order valence-electron chi connectivity index (χ4n) is 0.957. The average Bonchev–Trinajstić information content (AvgIpc) is 2.71. The molecule has 86 valence electrons. The van der Waals surface area contributed by atoms with Crippen molar-refractivity contribution in [3.8, 4) is 0 Å². The van der Waals surface area contributed by atoms with Crippen molar-refractivity contribution in [1.29, 1.82) is 0 Å². The molecular weight excluding hydrogens is 285 g/mol. The van der Waals surface area contributed by atoms with E-state index < -0.39 is 37.1 Å². The Bertz CT molecular complexity index is 451. The first kappa shape index (κ1) is 12.4. The number of carbonyl (C=O) groups is 2. The van der Waals surface area contributed by atoms with E-state index in [-0.39, 0.29) is 8.87 Å². The Morgan fingerprint density at radius 3 is 2.31 bits per heavy atom. The molecule has 1 aromatic heterocycles. The van der Waals surface area contributed by atoms with E-state index in [2.05, 4.69) is 9.47 Å². The van der Waals surface area contributed by atoms with Gasteiger partial charge in [0.2, 0.25) is 0 Å². The van der Waals surface area contributed by atoms with Crippen LogP contribution in [0.1, 0.15) is 18.5 Å². The van der Waals surface area contributed by atoms with Gasteiger partial charge >= 0.3 is 95.4 Å². The molecule has 7 nitrogen and oxygen atoms in total. The van der Waals surface area contributed by atoms with Crippen molar-refractivity contribution < 1.29 is 24.0 Å². The summed E-state index contributed by atoms with van der Waals surface area (Å²) in [5.41, 5.74) is -0.396. The Labute approximate surface area is 95.9 Å². The fraction of sp³-hybridized carbons (Fsp3) is 0.250. The van der Waals surface area contributed by atoms with E-state index in [0.29, 0.717) is 0 Å². The first-order chi connectivity index (χ1) is 7.51. The molecule has 0 radical (unpaired) electrons. The van der Waals surface area contributed by atoms with E-state index in [9.17, 15) is 19.7 Å². The van der Waals surface area contributed by atoms with Gasteiger partial charge in [-0.25, -0.2) is 0 Å². The summed E-state index contributed by atoms with van der Waals surface area (Å²) in [4.78, 5) is 32.3. The molecule has 1 heterocycles. The number of carbonyl (C=O) groups excluding carboxylic acids is 2. The monoisotopic (exact) mass is 293 g/mol. The molecular formula is C8H7NO6Se. The average molecular weight is 292 g/mol. The van der Waals surface area contributed by atoms with Gasteiger partial charge in [-0.1, -0.05) is 0 Å². The molecule has 0 atom stereocenters. The van der Waals surface area contributed by atoms with Crippen LogP contribution in [0.5, 0.6) is 0 Å². The van der Waals surface area contributed by atoms with Crippen LogP contribution in [0.3, 0.4) is 0 Å². The molecule has 16 heavy (non-hydrogen) atoms. The van der Waals surface area contributed by atoms with Crippen molar-refractivity contribution in [2.75, 3.05) is 14.2 Å². The van der Waals surface area contributed by atoms with Crippen LogP contribution in [0.2, 0.25) is 0 Å². The summed E-state index contributed by atoms with van der Waals surface area (Å²) in [5, 5.41) is 10.6. The molecule has 0 saturated heterocycles. The number of nitro groups is 1. The molecule has 0 saturated carbocycles. The summed E-state index contributed by atoms with van der Waals surface area (Å²) in [6.07, 6.45) is 0. The summed E-state index contributed by atoms with van der Waals surface area (Å²) < 4.78 is 8.88. The second-order valence-corrected chi connectivity index (χ2v) is 4.77. The normalized spacial score (nSPS) is 9.62. The van der Waals surface area contributed by atoms with Gasteiger partial charge in [-0.2, -0.15) is 0 Å². The zero-order valence-electron chi connectivity index (χ0n) is 8.38. The Morgan fingerprint density at radius 2 is 1.88 bits per heavy atom. The number of methoxy groups -OCH3 is 2. The van der Waals surface area contributed by atoms with Gasteiger partial charge in [0.05, 0.1) is 0 Å². The number of ether oxygens (including phenoxy) is 2. The Balaban J connectivity index is 3.25. The Kier molecular flexibility index (Phi) is 3.81. The van der Waals surface area contributed by atoms with Gasteiger partial charge in [-0.3, -0.25) is 0 Å². The number of nitrogens with zero attached hydrogens (tertiary/aromatic N) is 1. The quantitative estimate of drug-likeness (QED) is 0.342. The third-order valence-electron chi connectivity index (χ3n) is 1.67. The summed E-state index contributed by atoms with van der Waals surface area (Å²) >= 11 is -0.747. The SMILES string of the molecule is COC(=O)c1cc([N+](=O)[O-])c(C(=O)OC)[se]1. The second-order valence-electron chi connectivity index (χ2n) is 2.57. The summed E-state index contributed by atoms with van der Waals surface area (Å²) in [6, 6.07) is 1.05. The van der Waals surface area contributed by atoms with Crippen LogP contribution in [-0.2, 0) is 9.47 Å². The van der Waals surface area contributed by atoms with E-state index in [0.717, 1.165) is 13.2 Å². The van der Waals surface area contributed by atoms with Gasteiger partial charge < -0.3 is 0 Å². The van der Waals surface area contributed by atoms with Crippen LogP contribution in [0.4, 0.5) is 5.69 Å². The molecule has 0 aromatic carbocycles. The van der Waals surface area contributed by atoms with Crippen molar-refractivity contribution in [1.82, 2.24) is 0 Å². The zero-order chi connectivity index (χ0) is 12.3. The third kappa shape index (κ3) is 2.29. The van der Waals surface area contributed by atoms with Gasteiger partial charge in [-0.05, 0) is 0 Å². The van der Waals surface area contributed by atoms with Gasteiger partial charge in [0.25, 0.3) is 0 Å². The topological polar surface area (TPSA) is 95.7 Å². The Morgan fingerprint density at radius 1 is 1.31 bits per heavy atom. The molecule has 0 fully saturated rings. The van der Waals surface area contributed by atoms with Gasteiger partial charge in [0.15, 0.2) is 0 Å². The summed E-state index contributed by atoms with van der Waals surface area (Å²) in [6.45, 7) is 0. The van der Waals surface area contributed by atoms with Crippen LogP contribution >= 0.6 is 0 Å². The van der Waals surface area contributed by atoms with Crippen molar-refractivity contribution in [2.45, 2.75) is 0 Å². The van der Waals surface area contributed by atoms with Crippen LogP contribution < -0.4 is 0 Å². The third-order valence-corrected chi connectivity index (χ3v) is 3.94. The molecule has 0 bridgehead atoms. The van der Waals surface area contributed by atoms with E-state index in [1.54, 1.807) is 0 Å². The summed E-state index contributed by atoms with van der Waals surface area (Å²) in [5.74, 6) is -1.46. The van der Waals surface area contributed by atoms with E-state index in [1.807, 2.05) is 0 Å². The molecule has 1 rings (SSSR count). The molecule has 0 N–H and O–H groups in total. The first-order valence-electron chi connectivity index (χ1n) is 3.96. The van der Waals surface area contributed by atoms with E-state index in [4.69, 9.17) is 0 Å². The van der Waals surface area contributed by atoms with Crippen molar-refractivity contribution in [3.05, 3.63) is 25.1 Å². The van der Waals surface area contributed by atoms with Crippen molar-refractivity contribution in [2.24, 2.45) is 0 Å². The number of esters is 2. The maximum absolute atomic E-state index is 11.2. The molecule has 1 aromatic rings. The summed E-state index contributed by atoms with van der Waals surface area (Å²) in [7, 11) is 2.29. The van der Waals surface area contributed by atoms with Crippen molar-refractivity contribution >= 4 is 32.1 Å². The number of rotatable bonds is 3. The van der Waals surface area contributed by atoms with E-state index in [1.165, 1.54) is 7.11 Å². The molecule has 0 aliphatic carbocycles. The molecule has 0 unspecified atom stereocenters. The maximum atomic E-state index is 11.2. The van der Waals surface area contributed by atoms with Crippen LogP contribution in [0, 0.1) is 10.1 Å². The van der Waals surface area contributed by atoms with Crippen molar-refractivity contribution in [3.63, 3.8) is 0 Å². The molecule has 0 amide bonds. The Hall–Kier alpha value is -1.66. The minimum atomic E-state index is -0.790. The number of hydrogen-bond acceptors (Lipinski definition) is 6.